The van der Waals surface area contributed by atoms with Gasteiger partial charge in [-0.05, 0) is 19.1 Å². The van der Waals surface area contributed by atoms with Crippen LogP contribution in [-0.2, 0) is 4.74 Å². The Balaban J connectivity index is 1.96. The highest BCUT2D eigenvalue weighted by molar-refractivity contribution is 6.06. The molecule has 2 atom stereocenters. The zero-order chi connectivity index (χ0) is 14.8. The molecular weight excluding hydrogens is 266 g/mol. The van der Waals surface area contributed by atoms with Crippen LogP contribution in [0.25, 0.3) is 10.9 Å². The van der Waals surface area contributed by atoms with Crippen LogP contribution < -0.4 is 5.73 Å². The number of nitrogens with zero attached hydrogens (tertiary/aromatic N) is 2. The van der Waals surface area contributed by atoms with Gasteiger partial charge in [-0.2, -0.15) is 0 Å². The third-order valence-corrected chi connectivity index (χ3v) is 3.91. The second-order valence-electron chi connectivity index (χ2n) is 5.37. The maximum atomic E-state index is 12.9. The molecule has 3 rings (SSSR count). The number of pyridine rings is 1. The topological polar surface area (TPSA) is 68.5 Å². The predicted molar refractivity (Wildman–Crippen MR) is 81.0 cm³/mol. The SMILES string of the molecule is CC1COC(CN)CN1C(=O)c1ccnc2ccccc12. The molecule has 2 N–H and O–H groups in total. The van der Waals surface area contributed by atoms with Gasteiger partial charge in [-0.3, -0.25) is 9.78 Å². The van der Waals surface area contributed by atoms with Gasteiger partial charge in [-0.1, -0.05) is 18.2 Å². The molecule has 21 heavy (non-hydrogen) atoms. The van der Waals surface area contributed by atoms with E-state index in [9.17, 15) is 4.79 Å². The highest BCUT2D eigenvalue weighted by Crippen LogP contribution is 2.21. The van der Waals surface area contributed by atoms with Crippen molar-refractivity contribution in [2.24, 2.45) is 5.73 Å². The van der Waals surface area contributed by atoms with Gasteiger partial charge in [0.05, 0.1) is 29.8 Å². The fraction of sp³-hybridized carbons (Fsp3) is 0.375. The summed E-state index contributed by atoms with van der Waals surface area (Å²) in [5.74, 6) is 0.0165. The minimum Gasteiger partial charge on any atom is -0.373 e. The Morgan fingerprint density at radius 1 is 1.43 bits per heavy atom. The minimum atomic E-state index is -0.0850. The van der Waals surface area contributed by atoms with Gasteiger partial charge in [-0.25, -0.2) is 0 Å². The first-order valence-electron chi connectivity index (χ1n) is 7.17. The van der Waals surface area contributed by atoms with Crippen LogP contribution >= 0.6 is 0 Å². The van der Waals surface area contributed by atoms with Crippen molar-refractivity contribution in [2.75, 3.05) is 19.7 Å². The predicted octanol–water partition coefficient (Wildman–Crippen LogP) is 1.42. The summed E-state index contributed by atoms with van der Waals surface area (Å²) in [6.45, 7) is 3.48. The van der Waals surface area contributed by atoms with Crippen molar-refractivity contribution in [3.05, 3.63) is 42.1 Å². The Morgan fingerprint density at radius 2 is 2.24 bits per heavy atom. The van der Waals surface area contributed by atoms with Crippen LogP contribution in [0.15, 0.2) is 36.5 Å². The van der Waals surface area contributed by atoms with E-state index in [1.54, 1.807) is 12.3 Å². The molecule has 2 heterocycles. The van der Waals surface area contributed by atoms with Crippen LogP contribution in [0.2, 0.25) is 0 Å². The molecule has 1 fully saturated rings. The number of hydrogen-bond acceptors (Lipinski definition) is 4. The average Bonchev–Trinajstić information content (AvgIpc) is 2.54. The van der Waals surface area contributed by atoms with E-state index >= 15 is 0 Å². The Labute approximate surface area is 123 Å². The molecule has 1 aromatic carbocycles. The first-order valence-corrected chi connectivity index (χ1v) is 7.17. The highest BCUT2D eigenvalue weighted by Gasteiger charge is 2.30. The summed E-state index contributed by atoms with van der Waals surface area (Å²) in [5, 5.41) is 0.882. The first-order chi connectivity index (χ1) is 10.2. The molecule has 0 bridgehead atoms. The molecule has 2 aromatic rings. The lowest BCUT2D eigenvalue weighted by atomic mass is 10.1. The van der Waals surface area contributed by atoms with Crippen molar-refractivity contribution in [2.45, 2.75) is 19.1 Å². The number of carbonyl (C=O) groups is 1. The molecule has 0 aliphatic carbocycles. The van der Waals surface area contributed by atoms with Gasteiger partial charge in [0.1, 0.15) is 0 Å². The molecule has 1 amide bonds. The first kappa shape index (κ1) is 14.0. The van der Waals surface area contributed by atoms with Gasteiger partial charge in [0.15, 0.2) is 0 Å². The van der Waals surface area contributed by atoms with Crippen LogP contribution in [-0.4, -0.2) is 47.6 Å². The fourth-order valence-corrected chi connectivity index (χ4v) is 2.68. The van der Waals surface area contributed by atoms with Crippen molar-refractivity contribution >= 4 is 16.8 Å². The number of rotatable bonds is 2. The zero-order valence-electron chi connectivity index (χ0n) is 12.0. The smallest absolute Gasteiger partial charge is 0.255 e. The van der Waals surface area contributed by atoms with Crippen molar-refractivity contribution in [3.63, 3.8) is 0 Å². The van der Waals surface area contributed by atoms with E-state index in [0.29, 0.717) is 25.3 Å². The molecule has 0 spiro atoms. The van der Waals surface area contributed by atoms with E-state index in [-0.39, 0.29) is 18.1 Å². The summed E-state index contributed by atoms with van der Waals surface area (Å²) in [6.07, 6.45) is 1.60. The van der Waals surface area contributed by atoms with Gasteiger partial charge >= 0.3 is 0 Å². The number of morpholine rings is 1. The van der Waals surface area contributed by atoms with E-state index in [1.165, 1.54) is 0 Å². The van der Waals surface area contributed by atoms with Gasteiger partial charge in [-0.15, -0.1) is 0 Å². The standard InChI is InChI=1S/C16H19N3O2/c1-11-10-21-12(8-17)9-19(11)16(20)14-6-7-18-15-5-3-2-4-13(14)15/h2-7,11-12H,8-10,17H2,1H3. The Hall–Kier alpha value is -1.98. The van der Waals surface area contributed by atoms with Crippen LogP contribution in [0, 0.1) is 0 Å². The Bertz CT molecular complexity index is 654. The molecule has 0 saturated carbocycles. The number of carbonyl (C=O) groups excluding carboxylic acids is 1. The van der Waals surface area contributed by atoms with E-state index < -0.39 is 0 Å². The van der Waals surface area contributed by atoms with Gasteiger partial charge in [0.25, 0.3) is 5.91 Å². The molecule has 2 unspecified atom stereocenters. The number of aromatic nitrogens is 1. The molecule has 5 heteroatoms. The minimum absolute atomic E-state index is 0.0165. The van der Waals surface area contributed by atoms with Crippen LogP contribution in [0.3, 0.4) is 0 Å². The molecule has 1 aliphatic rings. The summed E-state index contributed by atoms with van der Waals surface area (Å²) < 4.78 is 5.61. The third-order valence-electron chi connectivity index (χ3n) is 3.91. The van der Waals surface area contributed by atoms with Crippen LogP contribution in [0.4, 0.5) is 0 Å². The highest BCUT2D eigenvalue weighted by atomic mass is 16.5. The number of benzene rings is 1. The van der Waals surface area contributed by atoms with E-state index in [4.69, 9.17) is 10.5 Å². The number of hydrogen-bond donors (Lipinski definition) is 1. The average molecular weight is 285 g/mol. The molecule has 1 aliphatic heterocycles. The van der Waals surface area contributed by atoms with E-state index in [2.05, 4.69) is 4.98 Å². The molecule has 1 saturated heterocycles. The number of para-hydroxylation sites is 1. The monoisotopic (exact) mass is 285 g/mol. The summed E-state index contributed by atoms with van der Waals surface area (Å²) in [7, 11) is 0. The number of fused-ring (bicyclic) bond motifs is 1. The summed E-state index contributed by atoms with van der Waals surface area (Å²) >= 11 is 0. The summed E-state index contributed by atoms with van der Waals surface area (Å²) in [4.78, 5) is 19.0. The molecule has 1 aromatic heterocycles. The maximum Gasteiger partial charge on any atom is 0.255 e. The maximum absolute atomic E-state index is 12.9. The lowest BCUT2D eigenvalue weighted by molar-refractivity contribution is -0.0425. The van der Waals surface area contributed by atoms with Gasteiger partial charge in [0.2, 0.25) is 0 Å². The quantitative estimate of drug-likeness (QED) is 0.906. The normalized spacial score (nSPS) is 22.5. The van der Waals surface area contributed by atoms with Crippen LogP contribution in [0.1, 0.15) is 17.3 Å². The summed E-state index contributed by atoms with van der Waals surface area (Å²) in [5.41, 5.74) is 7.19. The summed E-state index contributed by atoms with van der Waals surface area (Å²) in [6, 6.07) is 9.52. The molecule has 0 radical (unpaired) electrons. The third kappa shape index (κ3) is 2.62. The second kappa shape index (κ2) is 5.79. The van der Waals surface area contributed by atoms with Gasteiger partial charge < -0.3 is 15.4 Å². The number of ether oxygens (including phenoxy) is 1. The van der Waals surface area contributed by atoms with Crippen molar-refractivity contribution < 1.29 is 9.53 Å². The molecular formula is C16H19N3O2. The number of nitrogens with two attached hydrogens (primary N) is 1. The number of amides is 1. The lowest BCUT2D eigenvalue weighted by Gasteiger charge is -2.37. The molecule has 110 valence electrons. The van der Waals surface area contributed by atoms with Crippen molar-refractivity contribution in [1.82, 2.24) is 9.88 Å². The largest absolute Gasteiger partial charge is 0.373 e. The van der Waals surface area contributed by atoms with Crippen molar-refractivity contribution in [1.29, 1.82) is 0 Å². The Morgan fingerprint density at radius 3 is 3.05 bits per heavy atom. The van der Waals surface area contributed by atoms with Crippen molar-refractivity contribution in [3.8, 4) is 0 Å². The van der Waals surface area contributed by atoms with E-state index in [1.807, 2.05) is 36.1 Å². The van der Waals surface area contributed by atoms with Crippen LogP contribution in [0.5, 0.6) is 0 Å². The zero-order valence-corrected chi connectivity index (χ0v) is 12.0. The lowest BCUT2D eigenvalue weighted by Crippen LogP contribution is -2.52. The second-order valence-corrected chi connectivity index (χ2v) is 5.37. The van der Waals surface area contributed by atoms with Gasteiger partial charge in [0, 0.05) is 24.7 Å². The fourth-order valence-electron chi connectivity index (χ4n) is 2.68. The van der Waals surface area contributed by atoms with E-state index in [0.717, 1.165) is 10.9 Å². The molecule has 5 nitrogen and oxygen atoms in total. The Kier molecular flexibility index (Phi) is 3.86.